The van der Waals surface area contributed by atoms with Crippen LogP contribution in [0.4, 0.5) is 15.6 Å². The molecular weight excluding hydrogens is 338 g/mol. The van der Waals surface area contributed by atoms with Crippen molar-refractivity contribution in [1.82, 2.24) is 15.2 Å². The molecule has 0 atom stereocenters. The number of rotatable bonds is 4. The van der Waals surface area contributed by atoms with Crippen LogP contribution in [0.3, 0.4) is 0 Å². The Morgan fingerprint density at radius 2 is 1.88 bits per heavy atom. The smallest absolute Gasteiger partial charge is 0.317 e. The van der Waals surface area contributed by atoms with E-state index in [1.807, 2.05) is 30.5 Å². The maximum Gasteiger partial charge on any atom is 0.317 e. The van der Waals surface area contributed by atoms with Gasteiger partial charge in [0, 0.05) is 37.2 Å². The number of aromatic nitrogens is 1. The van der Waals surface area contributed by atoms with Gasteiger partial charge in [-0.15, -0.1) is 11.3 Å². The standard InChI is InChI=1S/C17H21N5O2S/c1-13-12-25-16(19-13)20-15(23)11-18-17(24)22-9-7-21(8-10-22)14-5-3-2-4-6-14/h2-6,12H,7-11H2,1H3,(H,18,24)(H,19,20,23). The van der Waals surface area contributed by atoms with Gasteiger partial charge in [-0.1, -0.05) is 18.2 Å². The number of hydrogen-bond donors (Lipinski definition) is 2. The van der Waals surface area contributed by atoms with Crippen molar-refractivity contribution in [1.29, 1.82) is 0 Å². The van der Waals surface area contributed by atoms with Crippen molar-refractivity contribution in [2.24, 2.45) is 0 Å². The van der Waals surface area contributed by atoms with Crippen LogP contribution in [0.5, 0.6) is 0 Å². The molecule has 3 amide bonds. The monoisotopic (exact) mass is 359 g/mol. The lowest BCUT2D eigenvalue weighted by Gasteiger charge is -2.36. The molecule has 0 spiro atoms. The van der Waals surface area contributed by atoms with Crippen molar-refractivity contribution >= 4 is 34.1 Å². The first kappa shape index (κ1) is 17.2. The molecule has 0 radical (unpaired) electrons. The number of hydrogen-bond acceptors (Lipinski definition) is 5. The summed E-state index contributed by atoms with van der Waals surface area (Å²) in [7, 11) is 0. The van der Waals surface area contributed by atoms with Crippen molar-refractivity contribution in [3.05, 3.63) is 41.4 Å². The highest BCUT2D eigenvalue weighted by Crippen LogP contribution is 2.16. The van der Waals surface area contributed by atoms with Gasteiger partial charge in [-0.3, -0.25) is 4.79 Å². The number of nitrogens with one attached hydrogen (secondary N) is 2. The molecule has 1 aliphatic heterocycles. The van der Waals surface area contributed by atoms with Crippen LogP contribution < -0.4 is 15.5 Å². The second kappa shape index (κ2) is 7.98. The van der Waals surface area contributed by atoms with Gasteiger partial charge in [-0.05, 0) is 19.1 Å². The molecule has 25 heavy (non-hydrogen) atoms. The van der Waals surface area contributed by atoms with Crippen LogP contribution in [0.2, 0.25) is 0 Å². The summed E-state index contributed by atoms with van der Waals surface area (Å²) in [6.45, 7) is 4.63. The van der Waals surface area contributed by atoms with Crippen LogP contribution in [0, 0.1) is 6.92 Å². The van der Waals surface area contributed by atoms with E-state index in [2.05, 4.69) is 32.7 Å². The largest absolute Gasteiger partial charge is 0.368 e. The summed E-state index contributed by atoms with van der Waals surface area (Å²) in [4.78, 5) is 32.2. The first-order chi connectivity index (χ1) is 12.1. The minimum atomic E-state index is -0.273. The number of nitrogens with zero attached hydrogens (tertiary/aromatic N) is 3. The normalized spacial score (nSPS) is 14.3. The summed E-state index contributed by atoms with van der Waals surface area (Å²) in [5.74, 6) is -0.273. The molecule has 1 aromatic carbocycles. The Morgan fingerprint density at radius 3 is 2.52 bits per heavy atom. The fourth-order valence-electron chi connectivity index (χ4n) is 2.65. The number of thiazole rings is 1. The molecule has 2 N–H and O–H groups in total. The molecule has 0 aliphatic carbocycles. The van der Waals surface area contributed by atoms with Crippen molar-refractivity contribution < 1.29 is 9.59 Å². The number of carbonyl (C=O) groups is 2. The molecule has 0 bridgehead atoms. The summed E-state index contributed by atoms with van der Waals surface area (Å²) in [6, 6.07) is 9.94. The quantitative estimate of drug-likeness (QED) is 0.874. The Hall–Kier alpha value is -2.61. The third-order valence-electron chi connectivity index (χ3n) is 3.95. The fourth-order valence-corrected chi connectivity index (χ4v) is 3.35. The van der Waals surface area contributed by atoms with Gasteiger partial charge in [0.15, 0.2) is 5.13 Å². The van der Waals surface area contributed by atoms with Gasteiger partial charge in [0.2, 0.25) is 5.91 Å². The second-order valence-corrected chi connectivity index (χ2v) is 6.67. The molecule has 0 unspecified atom stereocenters. The number of anilines is 2. The van der Waals surface area contributed by atoms with Gasteiger partial charge < -0.3 is 20.4 Å². The van der Waals surface area contributed by atoms with Crippen molar-refractivity contribution in [3.8, 4) is 0 Å². The number of para-hydroxylation sites is 1. The van der Waals surface area contributed by atoms with Gasteiger partial charge in [0.25, 0.3) is 0 Å². The van der Waals surface area contributed by atoms with E-state index in [1.54, 1.807) is 4.90 Å². The summed E-state index contributed by atoms with van der Waals surface area (Å²) >= 11 is 1.37. The van der Waals surface area contributed by atoms with E-state index in [-0.39, 0.29) is 18.5 Å². The Balaban J connectivity index is 1.41. The number of aryl methyl sites for hydroxylation is 1. The molecule has 8 heteroatoms. The Labute approximate surface area is 150 Å². The molecule has 1 aliphatic rings. The Morgan fingerprint density at radius 1 is 1.16 bits per heavy atom. The van der Waals surface area contributed by atoms with Crippen LogP contribution in [0.25, 0.3) is 0 Å². The molecule has 7 nitrogen and oxygen atoms in total. The lowest BCUT2D eigenvalue weighted by Crippen LogP contribution is -2.52. The summed E-state index contributed by atoms with van der Waals surface area (Å²) in [6.07, 6.45) is 0. The third kappa shape index (κ3) is 4.69. The van der Waals surface area contributed by atoms with Crippen LogP contribution in [-0.2, 0) is 4.79 Å². The van der Waals surface area contributed by atoms with Gasteiger partial charge in [0.05, 0.1) is 12.2 Å². The molecule has 1 fully saturated rings. The molecule has 1 aromatic heterocycles. The van der Waals surface area contributed by atoms with Gasteiger partial charge in [-0.2, -0.15) is 0 Å². The molecule has 3 rings (SSSR count). The number of piperazine rings is 1. The zero-order chi connectivity index (χ0) is 17.6. The van der Waals surface area contributed by atoms with E-state index in [0.29, 0.717) is 18.2 Å². The fraction of sp³-hybridized carbons (Fsp3) is 0.353. The maximum atomic E-state index is 12.2. The van der Waals surface area contributed by atoms with Gasteiger partial charge in [-0.25, -0.2) is 9.78 Å². The molecule has 2 heterocycles. The van der Waals surface area contributed by atoms with Gasteiger partial charge >= 0.3 is 6.03 Å². The predicted molar refractivity (Wildman–Crippen MR) is 99.1 cm³/mol. The van der Waals surface area contributed by atoms with Crippen LogP contribution in [0.1, 0.15) is 5.69 Å². The lowest BCUT2D eigenvalue weighted by molar-refractivity contribution is -0.115. The third-order valence-corrected chi connectivity index (χ3v) is 4.83. The second-order valence-electron chi connectivity index (χ2n) is 5.81. The zero-order valence-corrected chi connectivity index (χ0v) is 14.9. The highest BCUT2D eigenvalue weighted by molar-refractivity contribution is 7.13. The van der Waals surface area contributed by atoms with E-state index in [1.165, 1.54) is 17.0 Å². The topological polar surface area (TPSA) is 77.6 Å². The highest BCUT2D eigenvalue weighted by Gasteiger charge is 2.21. The summed E-state index contributed by atoms with van der Waals surface area (Å²) in [5.41, 5.74) is 2.03. The Kier molecular flexibility index (Phi) is 5.49. The number of urea groups is 1. The maximum absolute atomic E-state index is 12.2. The Bertz CT molecular complexity index is 726. The number of carbonyl (C=O) groups excluding carboxylic acids is 2. The molecule has 132 valence electrons. The first-order valence-electron chi connectivity index (χ1n) is 8.16. The molecule has 0 saturated carbocycles. The van der Waals surface area contributed by atoms with E-state index in [9.17, 15) is 9.59 Å². The minimum absolute atomic E-state index is 0.0592. The zero-order valence-electron chi connectivity index (χ0n) is 14.1. The summed E-state index contributed by atoms with van der Waals surface area (Å²) < 4.78 is 0. The van der Waals surface area contributed by atoms with E-state index in [4.69, 9.17) is 0 Å². The lowest BCUT2D eigenvalue weighted by atomic mass is 10.2. The molecule has 1 saturated heterocycles. The SMILES string of the molecule is Cc1csc(NC(=O)CNC(=O)N2CCN(c3ccccc3)CC2)n1. The van der Waals surface area contributed by atoms with E-state index >= 15 is 0 Å². The predicted octanol–water partition coefficient (Wildman–Crippen LogP) is 1.92. The van der Waals surface area contributed by atoms with Crippen LogP contribution in [0.15, 0.2) is 35.7 Å². The summed E-state index contributed by atoms with van der Waals surface area (Å²) in [5, 5.41) is 7.75. The first-order valence-corrected chi connectivity index (χ1v) is 9.04. The number of amides is 3. The van der Waals surface area contributed by atoms with Crippen molar-refractivity contribution in [2.45, 2.75) is 6.92 Å². The molecule has 2 aromatic rings. The van der Waals surface area contributed by atoms with E-state index < -0.39 is 0 Å². The average Bonchev–Trinajstić information content (AvgIpc) is 3.05. The highest BCUT2D eigenvalue weighted by atomic mass is 32.1. The minimum Gasteiger partial charge on any atom is -0.368 e. The average molecular weight is 359 g/mol. The number of benzene rings is 1. The van der Waals surface area contributed by atoms with Crippen molar-refractivity contribution in [3.63, 3.8) is 0 Å². The van der Waals surface area contributed by atoms with E-state index in [0.717, 1.165) is 18.8 Å². The van der Waals surface area contributed by atoms with Crippen molar-refractivity contribution in [2.75, 3.05) is 42.9 Å². The van der Waals surface area contributed by atoms with Gasteiger partial charge in [0.1, 0.15) is 0 Å². The van der Waals surface area contributed by atoms with Crippen LogP contribution in [-0.4, -0.2) is 54.5 Å². The molecular formula is C17H21N5O2S. The van der Waals surface area contributed by atoms with Crippen LogP contribution >= 0.6 is 11.3 Å².